The number of halogens is 3. The summed E-state index contributed by atoms with van der Waals surface area (Å²) in [5.41, 5.74) is 0.591. The minimum Gasteiger partial charge on any atom is -0.369 e. The average molecular weight is 382 g/mol. The van der Waals surface area contributed by atoms with Crippen LogP contribution >= 0.6 is 23.2 Å². The first kappa shape index (κ1) is 17.9. The summed E-state index contributed by atoms with van der Waals surface area (Å²) in [6, 6.07) is 4.51. The van der Waals surface area contributed by atoms with Gasteiger partial charge in [0.25, 0.3) is 5.78 Å². The van der Waals surface area contributed by atoms with Crippen molar-refractivity contribution in [2.45, 2.75) is 32.6 Å². The van der Waals surface area contributed by atoms with E-state index < -0.39 is 5.82 Å². The van der Waals surface area contributed by atoms with Crippen LogP contribution in [0.15, 0.2) is 24.5 Å². The molecule has 0 spiro atoms. The minimum atomic E-state index is -0.468. The van der Waals surface area contributed by atoms with E-state index in [1.54, 1.807) is 12.1 Å². The van der Waals surface area contributed by atoms with Gasteiger partial charge in [-0.3, -0.25) is 0 Å². The molecular formula is C17H18Cl2FN5. The molecule has 0 amide bonds. The van der Waals surface area contributed by atoms with Gasteiger partial charge in [0.05, 0.1) is 10.6 Å². The fourth-order valence-electron chi connectivity index (χ4n) is 2.70. The molecule has 0 fully saturated rings. The van der Waals surface area contributed by atoms with Gasteiger partial charge in [-0.25, -0.2) is 4.39 Å². The molecule has 0 radical (unpaired) electrons. The average Bonchev–Trinajstić information content (AvgIpc) is 3.04. The lowest BCUT2D eigenvalue weighted by molar-refractivity contribution is 0.631. The Morgan fingerprint density at radius 3 is 2.76 bits per heavy atom. The lowest BCUT2D eigenvalue weighted by Gasteiger charge is -2.16. The van der Waals surface area contributed by atoms with Gasteiger partial charge in [0.15, 0.2) is 0 Å². The Morgan fingerprint density at radius 2 is 2.00 bits per heavy atom. The van der Waals surface area contributed by atoms with Gasteiger partial charge in [-0.15, -0.1) is 0 Å². The van der Waals surface area contributed by atoms with Crippen molar-refractivity contribution in [2.24, 2.45) is 0 Å². The second kappa shape index (κ2) is 7.97. The molecule has 1 aromatic carbocycles. The summed E-state index contributed by atoms with van der Waals surface area (Å²) in [6.45, 7) is 2.86. The molecule has 3 aromatic rings. The van der Waals surface area contributed by atoms with E-state index in [1.165, 1.54) is 23.3 Å². The van der Waals surface area contributed by atoms with Crippen molar-refractivity contribution in [1.82, 2.24) is 19.6 Å². The molecule has 0 saturated heterocycles. The lowest BCUT2D eigenvalue weighted by atomic mass is 10.1. The second-order valence-electron chi connectivity index (χ2n) is 5.68. The molecule has 5 nitrogen and oxygen atoms in total. The van der Waals surface area contributed by atoms with Crippen molar-refractivity contribution < 1.29 is 4.39 Å². The van der Waals surface area contributed by atoms with Crippen LogP contribution in [-0.4, -0.2) is 26.1 Å². The lowest BCUT2D eigenvalue weighted by Crippen LogP contribution is -2.10. The molecular weight excluding hydrogens is 364 g/mol. The molecule has 0 unspecified atom stereocenters. The molecule has 2 aromatic heterocycles. The summed E-state index contributed by atoms with van der Waals surface area (Å²) in [6.07, 6.45) is 5.80. The van der Waals surface area contributed by atoms with Crippen molar-refractivity contribution in [3.05, 3.63) is 40.5 Å². The van der Waals surface area contributed by atoms with Gasteiger partial charge in [0.2, 0.25) is 0 Å². The summed E-state index contributed by atoms with van der Waals surface area (Å²) in [5, 5.41) is 7.87. The van der Waals surface area contributed by atoms with Crippen LogP contribution in [0.25, 0.3) is 16.9 Å². The number of hydrogen-bond donors (Lipinski definition) is 1. The maximum Gasteiger partial charge on any atom is 0.255 e. The molecule has 0 bridgehead atoms. The summed E-state index contributed by atoms with van der Waals surface area (Å²) in [7, 11) is 0. The molecule has 0 saturated carbocycles. The van der Waals surface area contributed by atoms with Crippen LogP contribution in [0, 0.1) is 5.82 Å². The SMILES string of the molecule is CCCCCCNc1c(-c2c(F)cccc2Cl)c(Cl)nc2ncnn12. The maximum absolute atomic E-state index is 14.5. The Balaban J connectivity index is 2.07. The smallest absolute Gasteiger partial charge is 0.255 e. The molecule has 2 heterocycles. The Hall–Kier alpha value is -1.92. The fraction of sp³-hybridized carbons (Fsp3) is 0.353. The molecule has 1 N–H and O–H groups in total. The van der Waals surface area contributed by atoms with Gasteiger partial charge in [-0.1, -0.05) is 55.5 Å². The number of nitrogens with zero attached hydrogens (tertiary/aromatic N) is 4. The highest BCUT2D eigenvalue weighted by molar-refractivity contribution is 6.36. The molecule has 25 heavy (non-hydrogen) atoms. The van der Waals surface area contributed by atoms with Gasteiger partial charge in [0, 0.05) is 12.1 Å². The van der Waals surface area contributed by atoms with Gasteiger partial charge >= 0.3 is 0 Å². The zero-order valence-electron chi connectivity index (χ0n) is 13.8. The molecule has 3 rings (SSSR count). The number of benzene rings is 1. The Kier molecular flexibility index (Phi) is 5.71. The number of hydrogen-bond acceptors (Lipinski definition) is 4. The first-order valence-corrected chi connectivity index (χ1v) is 8.96. The fourth-order valence-corrected chi connectivity index (χ4v) is 3.21. The normalized spacial score (nSPS) is 11.2. The topological polar surface area (TPSA) is 55.1 Å². The van der Waals surface area contributed by atoms with E-state index in [0.717, 1.165) is 19.3 Å². The van der Waals surface area contributed by atoms with E-state index >= 15 is 0 Å². The zero-order chi connectivity index (χ0) is 17.8. The van der Waals surface area contributed by atoms with Crippen LogP contribution in [0.4, 0.5) is 10.2 Å². The third kappa shape index (κ3) is 3.70. The summed E-state index contributed by atoms with van der Waals surface area (Å²) < 4.78 is 16.0. The van der Waals surface area contributed by atoms with Crippen LogP contribution in [0.1, 0.15) is 32.6 Å². The van der Waals surface area contributed by atoms with Crippen molar-refractivity contribution in [1.29, 1.82) is 0 Å². The van der Waals surface area contributed by atoms with E-state index in [2.05, 4.69) is 27.3 Å². The van der Waals surface area contributed by atoms with E-state index in [9.17, 15) is 4.39 Å². The third-order valence-electron chi connectivity index (χ3n) is 3.92. The number of nitrogens with one attached hydrogen (secondary N) is 1. The standard InChI is InChI=1S/C17H18Cl2FN5/c1-2-3-4-5-9-21-16-14(13-11(18)7-6-8-12(13)20)15(19)24-17-22-10-23-25(16)17/h6-8,10,21H,2-5,9H2,1H3. The van der Waals surface area contributed by atoms with Crippen LogP contribution in [0.5, 0.6) is 0 Å². The summed E-state index contributed by atoms with van der Waals surface area (Å²) in [4.78, 5) is 8.27. The van der Waals surface area contributed by atoms with Crippen LogP contribution < -0.4 is 5.32 Å². The van der Waals surface area contributed by atoms with Gasteiger partial charge in [-0.05, 0) is 18.6 Å². The molecule has 8 heteroatoms. The zero-order valence-corrected chi connectivity index (χ0v) is 15.3. The van der Waals surface area contributed by atoms with E-state index in [1.807, 2.05) is 0 Å². The second-order valence-corrected chi connectivity index (χ2v) is 6.45. The molecule has 0 aliphatic carbocycles. The number of aromatic nitrogens is 4. The van der Waals surface area contributed by atoms with Crippen LogP contribution in [0.2, 0.25) is 10.2 Å². The quantitative estimate of drug-likeness (QED) is 0.449. The molecule has 0 aliphatic rings. The Bertz CT molecular complexity index is 861. The maximum atomic E-state index is 14.5. The highest BCUT2D eigenvalue weighted by Gasteiger charge is 2.22. The van der Waals surface area contributed by atoms with E-state index in [0.29, 0.717) is 23.7 Å². The van der Waals surface area contributed by atoms with Crippen LogP contribution in [-0.2, 0) is 0 Å². The summed E-state index contributed by atoms with van der Waals surface area (Å²) in [5.74, 6) is 0.415. The number of fused-ring (bicyclic) bond motifs is 1. The summed E-state index contributed by atoms with van der Waals surface area (Å²) >= 11 is 12.6. The molecule has 0 aliphatic heterocycles. The van der Waals surface area contributed by atoms with Crippen LogP contribution in [0.3, 0.4) is 0 Å². The number of anilines is 1. The van der Waals surface area contributed by atoms with E-state index in [4.69, 9.17) is 23.2 Å². The number of rotatable bonds is 7. The van der Waals surface area contributed by atoms with Crippen molar-refractivity contribution in [2.75, 3.05) is 11.9 Å². The van der Waals surface area contributed by atoms with Crippen molar-refractivity contribution in [3.63, 3.8) is 0 Å². The molecule has 0 atom stereocenters. The van der Waals surface area contributed by atoms with Crippen molar-refractivity contribution >= 4 is 34.8 Å². The monoisotopic (exact) mass is 381 g/mol. The van der Waals surface area contributed by atoms with Gasteiger partial charge in [-0.2, -0.15) is 19.6 Å². The minimum absolute atomic E-state index is 0.128. The number of unbranched alkanes of at least 4 members (excludes halogenated alkanes) is 3. The van der Waals surface area contributed by atoms with Crippen molar-refractivity contribution in [3.8, 4) is 11.1 Å². The molecule has 132 valence electrons. The highest BCUT2D eigenvalue weighted by Crippen LogP contribution is 2.39. The third-order valence-corrected chi connectivity index (χ3v) is 4.51. The van der Waals surface area contributed by atoms with Gasteiger partial charge < -0.3 is 5.32 Å². The first-order valence-electron chi connectivity index (χ1n) is 8.21. The largest absolute Gasteiger partial charge is 0.369 e. The predicted molar refractivity (Wildman–Crippen MR) is 98.8 cm³/mol. The Labute approximate surface area is 155 Å². The first-order chi connectivity index (χ1) is 12.1. The highest BCUT2D eigenvalue weighted by atomic mass is 35.5. The van der Waals surface area contributed by atoms with E-state index in [-0.39, 0.29) is 15.7 Å². The van der Waals surface area contributed by atoms with Gasteiger partial charge in [0.1, 0.15) is 23.1 Å². The Morgan fingerprint density at radius 1 is 1.16 bits per heavy atom. The predicted octanol–water partition coefficient (Wildman–Crippen LogP) is 5.23.